The van der Waals surface area contributed by atoms with Gasteiger partial charge >= 0.3 is 0 Å². The van der Waals surface area contributed by atoms with E-state index in [0.29, 0.717) is 43.4 Å². The van der Waals surface area contributed by atoms with Gasteiger partial charge in [0.15, 0.2) is 24.7 Å². The molecule has 24 nitrogen and oxygen atoms in total. The van der Waals surface area contributed by atoms with Gasteiger partial charge in [0, 0.05) is 25.4 Å². The van der Waals surface area contributed by atoms with Gasteiger partial charge in [-0.3, -0.25) is 0 Å². The van der Waals surface area contributed by atoms with Gasteiger partial charge in [-0.2, -0.15) is 0 Å². The van der Waals surface area contributed by atoms with Crippen LogP contribution in [0.25, 0.3) is 0 Å². The van der Waals surface area contributed by atoms with E-state index in [1.54, 1.807) is 7.11 Å². The van der Waals surface area contributed by atoms with Crippen LogP contribution in [0.1, 0.15) is 85.5 Å². The zero-order chi connectivity index (χ0) is 55.1. The van der Waals surface area contributed by atoms with Crippen molar-refractivity contribution in [1.82, 2.24) is 0 Å². The first-order valence-corrected chi connectivity index (χ1v) is 27.7. The van der Waals surface area contributed by atoms with Crippen LogP contribution in [0.2, 0.25) is 0 Å². The normalized spacial score (nSPS) is 55.8. The van der Waals surface area contributed by atoms with Gasteiger partial charge in [-0.1, -0.05) is 27.7 Å². The maximum absolute atomic E-state index is 12.2. The topological polar surface area (TPSA) is 387 Å². The third-order valence-corrected chi connectivity index (χ3v) is 20.7. The molecular formula is C52H88O24. The Kier molecular flexibility index (Phi) is 18.3. The fourth-order valence-corrected chi connectivity index (χ4v) is 16.4. The highest BCUT2D eigenvalue weighted by Gasteiger charge is 2.69. The number of hydrogen-bond donors (Lipinski definition) is 15. The Hall–Kier alpha value is -0.960. The van der Waals surface area contributed by atoms with Crippen LogP contribution in [0.4, 0.5) is 0 Å². The number of rotatable bonds is 16. The van der Waals surface area contributed by atoms with E-state index in [9.17, 15) is 76.6 Å². The van der Waals surface area contributed by atoms with Crippen molar-refractivity contribution < 1.29 is 119 Å². The smallest absolute Gasteiger partial charge is 0.187 e. The summed E-state index contributed by atoms with van der Waals surface area (Å²) in [7, 11) is 1.70. The zero-order valence-corrected chi connectivity index (χ0v) is 44.1. The van der Waals surface area contributed by atoms with Crippen molar-refractivity contribution >= 4 is 0 Å². The second kappa shape index (κ2) is 23.4. The molecule has 0 aromatic carbocycles. The van der Waals surface area contributed by atoms with E-state index in [-0.39, 0.29) is 47.2 Å². The highest BCUT2D eigenvalue weighted by atomic mass is 16.8. The lowest BCUT2D eigenvalue weighted by atomic mass is 9.43. The summed E-state index contributed by atoms with van der Waals surface area (Å²) in [6.45, 7) is 6.27. The molecule has 5 aliphatic heterocycles. The molecule has 15 N–H and O–H groups in total. The molecule has 24 heteroatoms. The summed E-state index contributed by atoms with van der Waals surface area (Å²) in [5.41, 5.74) is -0.278. The quantitative estimate of drug-likeness (QED) is 0.0699. The lowest BCUT2D eigenvalue weighted by Crippen LogP contribution is -2.68. The van der Waals surface area contributed by atoms with E-state index in [4.69, 9.17) is 42.6 Å². The molecule has 76 heavy (non-hydrogen) atoms. The Bertz CT molecular complexity index is 1910. The fourth-order valence-electron chi connectivity index (χ4n) is 16.4. The van der Waals surface area contributed by atoms with Gasteiger partial charge in [0.05, 0.1) is 51.3 Å². The minimum absolute atomic E-state index is 0.0156. The molecule has 440 valence electrons. The number of hydrogen-bond acceptors (Lipinski definition) is 24. The largest absolute Gasteiger partial charge is 0.394 e. The maximum atomic E-state index is 12.2. The minimum atomic E-state index is -1.92. The van der Waals surface area contributed by atoms with Crippen molar-refractivity contribution in [2.75, 3.05) is 40.1 Å². The number of aliphatic hydroxyl groups is 15. The summed E-state index contributed by atoms with van der Waals surface area (Å²) in [4.78, 5) is 0. The molecule has 0 aromatic heterocycles. The Labute approximate surface area is 442 Å². The predicted molar refractivity (Wildman–Crippen MR) is 256 cm³/mol. The van der Waals surface area contributed by atoms with Crippen molar-refractivity contribution in [2.45, 2.75) is 226 Å². The first-order valence-electron chi connectivity index (χ1n) is 27.7. The van der Waals surface area contributed by atoms with Crippen molar-refractivity contribution in [2.24, 2.45) is 58.2 Å². The first-order chi connectivity index (χ1) is 36.0. The van der Waals surface area contributed by atoms with Crippen LogP contribution in [0, 0.1) is 58.2 Å². The number of ether oxygens (including phenoxy) is 9. The Morgan fingerprint density at radius 3 is 1.75 bits per heavy atom. The lowest BCUT2D eigenvalue weighted by Gasteiger charge is -2.62. The molecule has 0 radical (unpaired) electrons. The van der Waals surface area contributed by atoms with Gasteiger partial charge in [0.25, 0.3) is 0 Å². The molecule has 4 saturated carbocycles. The molecule has 0 spiro atoms. The third-order valence-electron chi connectivity index (χ3n) is 20.7. The fraction of sp³-hybridized carbons (Fsp3) is 1.00. The van der Waals surface area contributed by atoms with Gasteiger partial charge in [-0.15, -0.1) is 0 Å². The van der Waals surface area contributed by atoms with Crippen LogP contribution >= 0.6 is 0 Å². The number of methoxy groups -OCH3 is 1. The Morgan fingerprint density at radius 2 is 1.13 bits per heavy atom. The van der Waals surface area contributed by atoms with Crippen molar-refractivity contribution in [3.05, 3.63) is 0 Å². The second-order valence-electron chi connectivity index (χ2n) is 24.7. The van der Waals surface area contributed by atoms with Crippen molar-refractivity contribution in [1.29, 1.82) is 0 Å². The molecule has 0 aromatic rings. The molecule has 1 unspecified atom stereocenters. The van der Waals surface area contributed by atoms with Crippen LogP contribution in [0.15, 0.2) is 0 Å². The van der Waals surface area contributed by atoms with E-state index in [0.717, 1.165) is 32.1 Å². The van der Waals surface area contributed by atoms with E-state index in [1.807, 2.05) is 6.92 Å². The Morgan fingerprint density at radius 1 is 0.566 bits per heavy atom. The van der Waals surface area contributed by atoms with Crippen LogP contribution in [-0.4, -0.2) is 257 Å². The van der Waals surface area contributed by atoms with Gasteiger partial charge in [-0.25, -0.2) is 0 Å². The lowest BCUT2D eigenvalue weighted by molar-refractivity contribution is -0.384. The van der Waals surface area contributed by atoms with Crippen molar-refractivity contribution in [3.63, 3.8) is 0 Å². The average Bonchev–Trinajstić information content (AvgIpc) is 3.90. The summed E-state index contributed by atoms with van der Waals surface area (Å²) < 4.78 is 54.2. The second-order valence-corrected chi connectivity index (χ2v) is 24.7. The molecule has 5 heterocycles. The molecule has 9 aliphatic rings. The zero-order valence-electron chi connectivity index (χ0n) is 44.1. The van der Waals surface area contributed by atoms with Gasteiger partial charge in [0.2, 0.25) is 0 Å². The summed E-state index contributed by atoms with van der Waals surface area (Å²) in [5.74, 6) is 0.0487. The van der Waals surface area contributed by atoms with E-state index >= 15 is 0 Å². The molecular weight excluding hydrogens is 1010 g/mol. The molecule has 33 atom stereocenters. The van der Waals surface area contributed by atoms with Crippen LogP contribution in [-0.2, 0) is 42.6 Å². The summed E-state index contributed by atoms with van der Waals surface area (Å²) >= 11 is 0. The standard InChI is InChI=1S/C52H88O24/c1-20(19-69-47-42(66)37(61)34(58)29(15-53)71-47)8-11-52(68-5)21(2)33-28(76-52)13-26-23-7-6-22-12-24(27(57)14-51(22,4)25(23)9-10-50(26,33)3)44-40(64)41(65)45(32(18-56)70-44)74-49-46(39(63)36(60)31(17-55)73-49)75-48-43(67)38(62)35(59)30(16-54)72-48/h20-49,53-67H,6-19H2,1-5H3/t20-,21+,22+,23-,24-,25+,26+,27-,28+,29-,30-,31-,32-,33+,34-,35-,36-,37+,38+,39+,40-,41-,42-,43-,44+,45+,46-,47-,48+,49+,50+,51+,52?/m1/s1. The van der Waals surface area contributed by atoms with Crippen LogP contribution in [0.5, 0.6) is 0 Å². The molecule has 4 aliphatic carbocycles. The predicted octanol–water partition coefficient (Wildman–Crippen LogP) is -4.06. The summed E-state index contributed by atoms with van der Waals surface area (Å²) in [6.07, 6.45) is -25.8. The highest BCUT2D eigenvalue weighted by Crippen LogP contribution is 2.71. The highest BCUT2D eigenvalue weighted by molar-refractivity contribution is 5.16. The summed E-state index contributed by atoms with van der Waals surface area (Å²) in [6, 6.07) is 0. The molecule has 5 saturated heterocycles. The van der Waals surface area contributed by atoms with Gasteiger partial charge in [0.1, 0.15) is 97.7 Å². The molecule has 9 fully saturated rings. The van der Waals surface area contributed by atoms with Gasteiger partial charge < -0.3 is 119 Å². The van der Waals surface area contributed by atoms with E-state index in [1.165, 1.54) is 0 Å². The van der Waals surface area contributed by atoms with Crippen LogP contribution in [0.3, 0.4) is 0 Å². The van der Waals surface area contributed by atoms with Crippen molar-refractivity contribution in [3.8, 4) is 0 Å². The molecule has 0 bridgehead atoms. The monoisotopic (exact) mass is 1100 g/mol. The average molecular weight is 1100 g/mol. The molecule has 9 rings (SSSR count). The van der Waals surface area contributed by atoms with Crippen LogP contribution < -0.4 is 0 Å². The molecule has 0 amide bonds. The SMILES string of the molecule is COC1(CC[C@@H](C)CO[C@@H]2O[C@H](CO)[C@@H](O)[C@H](O)[C@H]2O)O[C@H]2C[C@H]3[C@@H]4CC[C@H]5C[C@@H]([C@@H]6O[C@H](CO)[C@H](O[C@@H]7O[C@H](CO)[C@@H](O)[C@H](O)[C@H]7O[C@@H]7O[C@H](CO)[C@@H](O)[C@H](O)[C@H]7O)[C@H](O)[C@H]6O)[C@H](O)C[C@]5(C)[C@H]4CC[C@]3(C)[C@H]2[C@@H]1C. The van der Waals surface area contributed by atoms with E-state index in [2.05, 4.69) is 20.8 Å². The third kappa shape index (κ3) is 10.3. The minimum Gasteiger partial charge on any atom is -0.394 e. The maximum Gasteiger partial charge on any atom is 0.187 e. The van der Waals surface area contributed by atoms with Gasteiger partial charge in [-0.05, 0) is 97.7 Å². The Balaban J connectivity index is 0.825. The summed E-state index contributed by atoms with van der Waals surface area (Å²) in [5, 5.41) is 160. The number of aliphatic hydroxyl groups excluding tert-OH is 15. The first kappa shape index (κ1) is 59.7. The number of fused-ring (bicyclic) bond motifs is 7. The van der Waals surface area contributed by atoms with E-state index < -0.39 is 167 Å².